The van der Waals surface area contributed by atoms with E-state index in [0.29, 0.717) is 29.5 Å². The number of ether oxygens (including phenoxy) is 1. The molecular formula is C17H21N7O2. The van der Waals surface area contributed by atoms with Crippen molar-refractivity contribution in [1.82, 2.24) is 25.1 Å². The van der Waals surface area contributed by atoms with Crippen LogP contribution in [-0.2, 0) is 4.74 Å². The predicted molar refractivity (Wildman–Crippen MR) is 91.4 cm³/mol. The third-order valence-electron chi connectivity index (χ3n) is 6.10. The van der Waals surface area contributed by atoms with Gasteiger partial charge in [-0.2, -0.15) is 10.1 Å². The molecule has 4 aliphatic rings. The lowest BCUT2D eigenvalue weighted by molar-refractivity contribution is 0.103. The number of anilines is 1. The van der Waals surface area contributed by atoms with Crippen LogP contribution in [0.15, 0.2) is 22.1 Å². The van der Waals surface area contributed by atoms with Crippen molar-refractivity contribution in [3.05, 3.63) is 24.2 Å². The van der Waals surface area contributed by atoms with Gasteiger partial charge in [0.1, 0.15) is 18.1 Å². The van der Waals surface area contributed by atoms with Crippen LogP contribution in [0.2, 0.25) is 0 Å². The second-order valence-electron chi connectivity index (χ2n) is 7.51. The van der Waals surface area contributed by atoms with E-state index in [4.69, 9.17) is 9.26 Å². The summed E-state index contributed by atoms with van der Waals surface area (Å²) in [6.45, 7) is 0.757. The van der Waals surface area contributed by atoms with Crippen molar-refractivity contribution in [2.75, 3.05) is 11.5 Å². The SMILES string of the molecule is c1ncn2c1N1C(c3nc(C4CCCO4)no3)=NNC1C1CCCCC12. The molecule has 2 fully saturated rings. The van der Waals surface area contributed by atoms with Gasteiger partial charge in [-0.25, -0.2) is 4.98 Å². The molecule has 0 amide bonds. The number of hydrazone groups is 1. The topological polar surface area (TPSA) is 93.6 Å². The second-order valence-corrected chi connectivity index (χ2v) is 7.51. The normalized spacial score (nSPS) is 32.6. The van der Waals surface area contributed by atoms with Gasteiger partial charge in [-0.15, -0.1) is 0 Å². The van der Waals surface area contributed by atoms with Crippen LogP contribution in [0.5, 0.6) is 0 Å². The van der Waals surface area contributed by atoms with E-state index in [1.807, 2.05) is 12.5 Å². The first-order valence-corrected chi connectivity index (χ1v) is 9.50. The zero-order chi connectivity index (χ0) is 17.1. The summed E-state index contributed by atoms with van der Waals surface area (Å²) in [7, 11) is 0. The van der Waals surface area contributed by atoms with Crippen LogP contribution < -0.4 is 10.3 Å². The number of fused-ring (bicyclic) bond motifs is 6. The Kier molecular flexibility index (Phi) is 3.13. The van der Waals surface area contributed by atoms with E-state index in [1.165, 1.54) is 25.7 Å². The third kappa shape index (κ3) is 2.00. The van der Waals surface area contributed by atoms with Crippen molar-refractivity contribution in [1.29, 1.82) is 0 Å². The smallest absolute Gasteiger partial charge is 0.295 e. The molecule has 5 heterocycles. The molecule has 2 aromatic rings. The molecule has 2 aromatic heterocycles. The minimum atomic E-state index is -0.0622. The van der Waals surface area contributed by atoms with Gasteiger partial charge in [0.25, 0.3) is 5.89 Å². The Labute approximate surface area is 150 Å². The van der Waals surface area contributed by atoms with Crippen molar-refractivity contribution in [3.8, 4) is 0 Å². The van der Waals surface area contributed by atoms with Crippen molar-refractivity contribution in [2.24, 2.45) is 11.0 Å². The standard InChI is InChI=1S/C17H21N7O2/c1-2-5-11-10(4-1)15-20-21-16(24(15)13-8-18-9-23(11)13)17-19-14(22-26-17)12-6-3-7-25-12/h8-12,15,20H,1-7H2. The molecule has 1 saturated heterocycles. The first-order chi connectivity index (χ1) is 12.9. The lowest BCUT2D eigenvalue weighted by Gasteiger charge is -2.45. The fraction of sp³-hybridized carbons (Fsp3) is 0.647. The van der Waals surface area contributed by atoms with E-state index >= 15 is 0 Å². The molecule has 0 radical (unpaired) electrons. The maximum Gasteiger partial charge on any atom is 0.295 e. The molecular weight excluding hydrogens is 334 g/mol. The number of nitrogens with zero attached hydrogens (tertiary/aromatic N) is 6. The molecule has 1 saturated carbocycles. The quantitative estimate of drug-likeness (QED) is 0.880. The Morgan fingerprint density at radius 1 is 1.15 bits per heavy atom. The molecule has 0 spiro atoms. The van der Waals surface area contributed by atoms with Crippen molar-refractivity contribution < 1.29 is 9.26 Å². The van der Waals surface area contributed by atoms with Gasteiger partial charge in [-0.1, -0.05) is 18.0 Å². The van der Waals surface area contributed by atoms with E-state index in [2.05, 4.69) is 35.1 Å². The minimum Gasteiger partial charge on any atom is -0.370 e. The van der Waals surface area contributed by atoms with Gasteiger partial charge in [-0.05, 0) is 25.7 Å². The Hall–Kier alpha value is -2.42. The van der Waals surface area contributed by atoms with Crippen LogP contribution in [0.3, 0.4) is 0 Å². The van der Waals surface area contributed by atoms with Crippen molar-refractivity contribution >= 4 is 11.7 Å². The zero-order valence-electron chi connectivity index (χ0n) is 14.4. The molecule has 9 nitrogen and oxygen atoms in total. The van der Waals surface area contributed by atoms with Crippen LogP contribution in [0.4, 0.5) is 5.82 Å². The van der Waals surface area contributed by atoms with Gasteiger partial charge in [0.15, 0.2) is 0 Å². The van der Waals surface area contributed by atoms with Crippen molar-refractivity contribution in [2.45, 2.75) is 56.8 Å². The summed E-state index contributed by atoms with van der Waals surface area (Å²) in [5, 5.41) is 8.71. The molecule has 4 atom stereocenters. The first-order valence-electron chi connectivity index (χ1n) is 9.50. The summed E-state index contributed by atoms with van der Waals surface area (Å²) in [5.41, 5.74) is 3.33. The van der Waals surface area contributed by atoms with Crippen LogP contribution in [0, 0.1) is 5.92 Å². The monoisotopic (exact) mass is 355 g/mol. The highest BCUT2D eigenvalue weighted by Crippen LogP contribution is 2.45. The van der Waals surface area contributed by atoms with Gasteiger partial charge >= 0.3 is 0 Å². The van der Waals surface area contributed by atoms with Crippen molar-refractivity contribution in [3.63, 3.8) is 0 Å². The van der Waals surface area contributed by atoms with E-state index in [0.717, 1.165) is 25.3 Å². The highest BCUT2D eigenvalue weighted by atomic mass is 16.5. The second kappa shape index (κ2) is 5.54. The molecule has 4 unspecified atom stereocenters. The number of nitrogens with one attached hydrogen (secondary N) is 1. The Morgan fingerprint density at radius 3 is 3.04 bits per heavy atom. The number of hydrogen-bond donors (Lipinski definition) is 1. The molecule has 6 rings (SSSR count). The van der Waals surface area contributed by atoms with Crippen LogP contribution in [0.1, 0.15) is 62.4 Å². The van der Waals surface area contributed by atoms with E-state index < -0.39 is 0 Å². The summed E-state index contributed by atoms with van der Waals surface area (Å²) in [6.07, 6.45) is 10.8. The van der Waals surface area contributed by atoms with Gasteiger partial charge in [-0.3, -0.25) is 10.3 Å². The fourth-order valence-corrected chi connectivity index (χ4v) is 4.89. The number of amidine groups is 1. The Bertz CT molecular complexity index is 853. The molecule has 26 heavy (non-hydrogen) atoms. The van der Waals surface area contributed by atoms with Crippen LogP contribution >= 0.6 is 0 Å². The number of aromatic nitrogens is 4. The number of hydrogen-bond acceptors (Lipinski definition) is 8. The lowest BCUT2D eigenvalue weighted by atomic mass is 9.80. The molecule has 9 heteroatoms. The maximum absolute atomic E-state index is 5.67. The van der Waals surface area contributed by atoms with Crippen LogP contribution in [-0.4, -0.2) is 38.3 Å². The predicted octanol–water partition coefficient (Wildman–Crippen LogP) is 1.96. The molecule has 1 N–H and O–H groups in total. The zero-order valence-corrected chi connectivity index (χ0v) is 14.4. The van der Waals surface area contributed by atoms with Gasteiger partial charge in [0.05, 0.1) is 12.5 Å². The van der Waals surface area contributed by atoms with Crippen LogP contribution in [0.25, 0.3) is 0 Å². The average Bonchev–Trinajstić information content (AvgIpc) is 3.47. The lowest BCUT2D eigenvalue weighted by Crippen LogP contribution is -2.53. The largest absolute Gasteiger partial charge is 0.370 e. The van der Waals surface area contributed by atoms with E-state index in [-0.39, 0.29) is 12.3 Å². The Morgan fingerprint density at radius 2 is 2.12 bits per heavy atom. The summed E-state index contributed by atoms with van der Waals surface area (Å²) >= 11 is 0. The van der Waals surface area contributed by atoms with Gasteiger partial charge < -0.3 is 13.8 Å². The minimum absolute atomic E-state index is 0.0622. The summed E-state index contributed by atoms with van der Waals surface area (Å²) < 4.78 is 13.5. The fourth-order valence-electron chi connectivity index (χ4n) is 4.89. The molecule has 3 aliphatic heterocycles. The van der Waals surface area contributed by atoms with Gasteiger partial charge in [0.2, 0.25) is 11.7 Å². The van der Waals surface area contributed by atoms with E-state index in [9.17, 15) is 0 Å². The Balaban J connectivity index is 1.37. The highest BCUT2D eigenvalue weighted by molar-refractivity contribution is 6.08. The maximum atomic E-state index is 5.67. The molecule has 0 bridgehead atoms. The average molecular weight is 355 g/mol. The third-order valence-corrected chi connectivity index (χ3v) is 6.10. The van der Waals surface area contributed by atoms with E-state index in [1.54, 1.807) is 0 Å². The number of rotatable bonds is 2. The summed E-state index contributed by atoms with van der Waals surface area (Å²) in [4.78, 5) is 11.2. The van der Waals surface area contributed by atoms with Gasteiger partial charge in [0, 0.05) is 18.6 Å². The highest BCUT2D eigenvalue weighted by Gasteiger charge is 2.47. The summed E-state index contributed by atoms with van der Waals surface area (Å²) in [5.74, 6) is 3.26. The first kappa shape index (κ1) is 14.7. The molecule has 136 valence electrons. The number of imidazole rings is 1. The molecule has 0 aromatic carbocycles. The summed E-state index contributed by atoms with van der Waals surface area (Å²) in [6, 6.07) is 0.481. The molecule has 1 aliphatic carbocycles.